The number of likely N-dealkylation sites (tertiary alicyclic amines) is 1. The van der Waals surface area contributed by atoms with Crippen LogP contribution in [0.4, 0.5) is 10.9 Å². The maximum absolute atomic E-state index is 11.7. The molecule has 0 saturated carbocycles. The summed E-state index contributed by atoms with van der Waals surface area (Å²) < 4.78 is 7.48. The van der Waals surface area contributed by atoms with E-state index in [-0.39, 0.29) is 5.91 Å². The van der Waals surface area contributed by atoms with Crippen molar-refractivity contribution in [2.24, 2.45) is 0 Å². The molecule has 10 heteroatoms. The number of anilines is 2. The van der Waals surface area contributed by atoms with E-state index in [9.17, 15) is 4.79 Å². The fourth-order valence-corrected chi connectivity index (χ4v) is 7.40. The monoisotopic (exact) mass is 573 g/mol. The molecule has 1 N–H and O–H groups in total. The number of hydrogen-bond acceptors (Lipinski definition) is 9. The summed E-state index contributed by atoms with van der Waals surface area (Å²) in [6.45, 7) is 5.31. The molecule has 198 valence electrons. The molecule has 0 atom stereocenters. The second kappa shape index (κ2) is 11.3. The van der Waals surface area contributed by atoms with Gasteiger partial charge in [0.25, 0.3) is 0 Å². The molecule has 1 saturated heterocycles. The summed E-state index contributed by atoms with van der Waals surface area (Å²) in [5, 5.41) is 6.27. The molecule has 0 unspecified atom stereocenters. The second-order valence-electron chi connectivity index (χ2n) is 9.40. The Morgan fingerprint density at radius 3 is 2.74 bits per heavy atom. The molecule has 39 heavy (non-hydrogen) atoms. The van der Waals surface area contributed by atoms with E-state index >= 15 is 0 Å². The zero-order valence-corrected chi connectivity index (χ0v) is 24.0. The van der Waals surface area contributed by atoms with Gasteiger partial charge in [-0.3, -0.25) is 9.78 Å². The summed E-state index contributed by atoms with van der Waals surface area (Å²) in [7, 11) is 0. The van der Waals surface area contributed by atoms with Crippen LogP contribution >= 0.6 is 34.4 Å². The number of piperidine rings is 1. The molecule has 1 aliphatic rings. The Labute approximate surface area is 239 Å². The van der Waals surface area contributed by atoms with Crippen LogP contribution in [0.5, 0.6) is 11.5 Å². The number of thiophene rings is 1. The Morgan fingerprint density at radius 2 is 1.95 bits per heavy atom. The summed E-state index contributed by atoms with van der Waals surface area (Å²) in [4.78, 5) is 31.1. The number of aromatic nitrogens is 3. The summed E-state index contributed by atoms with van der Waals surface area (Å²) in [5.74, 6) is 2.48. The fraction of sp³-hybridized carbons (Fsp3) is 0.241. The minimum atomic E-state index is 0.145. The van der Waals surface area contributed by atoms with Crippen molar-refractivity contribution >= 4 is 61.5 Å². The predicted octanol–water partition coefficient (Wildman–Crippen LogP) is 7.87. The van der Waals surface area contributed by atoms with Gasteiger partial charge in [0.05, 0.1) is 15.9 Å². The Balaban J connectivity index is 1.24. The number of hydrogen-bond donors (Lipinski definition) is 1. The van der Waals surface area contributed by atoms with Crippen LogP contribution in [0.1, 0.15) is 36.3 Å². The van der Waals surface area contributed by atoms with Gasteiger partial charge in [-0.15, -0.1) is 22.7 Å². The molecule has 5 aromatic rings. The van der Waals surface area contributed by atoms with Crippen molar-refractivity contribution in [3.8, 4) is 11.5 Å². The third-order valence-electron chi connectivity index (χ3n) is 6.63. The van der Waals surface area contributed by atoms with Crippen LogP contribution < -0.4 is 10.1 Å². The average Bonchev–Trinajstić information content (AvgIpc) is 3.57. The number of amides is 1. The molecule has 4 aromatic heterocycles. The number of carbonyl (C=O) groups excluding carboxylic acids is 1. The first-order valence-electron chi connectivity index (χ1n) is 12.8. The number of benzene rings is 1. The molecule has 1 aliphatic heterocycles. The largest absolute Gasteiger partial charge is 0.453 e. The van der Waals surface area contributed by atoms with E-state index in [4.69, 9.17) is 14.7 Å². The number of nitrogens with zero attached hydrogens (tertiary/aromatic N) is 4. The molecule has 1 fully saturated rings. The second-order valence-corrected chi connectivity index (χ2v) is 12.6. The van der Waals surface area contributed by atoms with E-state index in [1.807, 2.05) is 59.8 Å². The van der Waals surface area contributed by atoms with Crippen molar-refractivity contribution in [3.63, 3.8) is 0 Å². The van der Waals surface area contributed by atoms with Crippen LogP contribution in [0.25, 0.3) is 10.2 Å². The summed E-state index contributed by atoms with van der Waals surface area (Å²) in [6.07, 6.45) is 5.58. The average molecular weight is 574 g/mol. The Hall–Kier alpha value is -3.47. The lowest BCUT2D eigenvalue weighted by Crippen LogP contribution is -2.36. The minimum Gasteiger partial charge on any atom is -0.453 e. The topological polar surface area (TPSA) is 80.2 Å². The third-order valence-corrected chi connectivity index (χ3v) is 9.63. The van der Waals surface area contributed by atoms with Crippen molar-refractivity contribution < 1.29 is 9.53 Å². The Bertz CT molecular complexity index is 1610. The van der Waals surface area contributed by atoms with Gasteiger partial charge in [-0.05, 0) is 44.0 Å². The van der Waals surface area contributed by atoms with Crippen molar-refractivity contribution in [2.75, 3.05) is 18.4 Å². The lowest BCUT2D eigenvalue weighted by molar-refractivity contribution is -0.129. The number of carbonyl (C=O) groups is 1. The number of fused-ring (bicyclic) bond motifs is 1. The number of thiazole rings is 1. The van der Waals surface area contributed by atoms with Crippen LogP contribution in [0.3, 0.4) is 0 Å². The molecule has 5 heterocycles. The van der Waals surface area contributed by atoms with E-state index in [0.717, 1.165) is 57.8 Å². The van der Waals surface area contributed by atoms with Crippen molar-refractivity contribution in [1.82, 2.24) is 19.9 Å². The smallest absolute Gasteiger partial charge is 0.219 e. The number of nitrogens with one attached hydrogen (secondary N) is 1. The molecular formula is C29H27N5O2S3. The molecule has 0 spiro atoms. The molecule has 1 amide bonds. The maximum atomic E-state index is 11.7. The summed E-state index contributed by atoms with van der Waals surface area (Å²) in [6, 6.07) is 15.9. The lowest BCUT2D eigenvalue weighted by Gasteiger charge is -2.30. The highest BCUT2D eigenvalue weighted by Gasteiger charge is 2.24. The number of rotatable bonds is 7. The van der Waals surface area contributed by atoms with Gasteiger partial charge in [0.1, 0.15) is 5.75 Å². The number of ether oxygens (including phenoxy) is 1. The quantitative estimate of drug-likeness (QED) is 0.212. The van der Waals surface area contributed by atoms with Crippen LogP contribution in [0, 0.1) is 6.92 Å². The van der Waals surface area contributed by atoms with Crippen LogP contribution in [-0.4, -0.2) is 38.8 Å². The normalized spacial score (nSPS) is 14.1. The van der Waals surface area contributed by atoms with Crippen molar-refractivity contribution in [2.45, 2.75) is 42.4 Å². The highest BCUT2D eigenvalue weighted by molar-refractivity contribution is 7.99. The van der Waals surface area contributed by atoms with E-state index in [2.05, 4.69) is 28.7 Å². The van der Waals surface area contributed by atoms with E-state index in [1.165, 1.54) is 9.58 Å². The number of para-hydroxylation sites is 1. The third kappa shape index (κ3) is 5.93. The first kappa shape index (κ1) is 25.8. The van der Waals surface area contributed by atoms with E-state index < -0.39 is 0 Å². The molecule has 0 aliphatic carbocycles. The highest BCUT2D eigenvalue weighted by atomic mass is 32.2. The Kier molecular flexibility index (Phi) is 7.49. The molecule has 0 radical (unpaired) electrons. The fourth-order valence-electron chi connectivity index (χ4n) is 4.63. The first-order valence-corrected chi connectivity index (χ1v) is 15.3. The summed E-state index contributed by atoms with van der Waals surface area (Å²) >= 11 is 4.97. The Morgan fingerprint density at radius 1 is 1.13 bits per heavy atom. The SMILES string of the molecule is CC(=O)N1CCC(c2csc(Nc3ncc(Sc4ccnc5cc(C)sc45)cc3Oc3ccccc3)n2)CC1. The highest BCUT2D eigenvalue weighted by Crippen LogP contribution is 2.40. The van der Waals surface area contributed by atoms with Gasteiger partial charge in [0.2, 0.25) is 5.91 Å². The molecule has 0 bridgehead atoms. The number of aryl methyl sites for hydroxylation is 1. The standard InChI is InChI=1S/C29H27N5O2S3/c1-18-14-23-27(38-18)26(8-11-30-23)39-22-15-25(36-21-6-4-3-5-7-21)28(31-16-22)33-29-32-24(17-37-29)20-9-12-34(13-10-20)19(2)35/h3-8,11,14-17,20H,9-10,12-13H2,1-2H3,(H,31,32,33). The molecular weight excluding hydrogens is 547 g/mol. The van der Waals surface area contributed by atoms with E-state index in [0.29, 0.717) is 17.5 Å². The van der Waals surface area contributed by atoms with Gasteiger partial charge in [0, 0.05) is 64.4 Å². The molecule has 7 nitrogen and oxygen atoms in total. The van der Waals surface area contributed by atoms with Crippen LogP contribution in [-0.2, 0) is 4.79 Å². The predicted molar refractivity (Wildman–Crippen MR) is 159 cm³/mol. The van der Waals surface area contributed by atoms with Gasteiger partial charge < -0.3 is 15.0 Å². The van der Waals surface area contributed by atoms with Gasteiger partial charge in [-0.1, -0.05) is 30.0 Å². The van der Waals surface area contributed by atoms with Crippen molar-refractivity contribution in [3.05, 3.63) is 76.9 Å². The van der Waals surface area contributed by atoms with Crippen LogP contribution in [0.15, 0.2) is 76.1 Å². The minimum absolute atomic E-state index is 0.145. The van der Waals surface area contributed by atoms with Crippen molar-refractivity contribution in [1.29, 1.82) is 0 Å². The van der Waals surface area contributed by atoms with Crippen LogP contribution in [0.2, 0.25) is 0 Å². The van der Waals surface area contributed by atoms with Gasteiger partial charge >= 0.3 is 0 Å². The number of pyridine rings is 2. The van der Waals surface area contributed by atoms with E-state index in [1.54, 1.807) is 41.4 Å². The maximum Gasteiger partial charge on any atom is 0.219 e. The molecule has 6 rings (SSSR count). The zero-order valence-electron chi connectivity index (χ0n) is 21.6. The van der Waals surface area contributed by atoms with Gasteiger partial charge in [-0.25, -0.2) is 9.97 Å². The summed E-state index contributed by atoms with van der Waals surface area (Å²) in [5.41, 5.74) is 2.08. The zero-order chi connectivity index (χ0) is 26.8. The van der Waals surface area contributed by atoms with Gasteiger partial charge in [-0.2, -0.15) is 0 Å². The lowest BCUT2D eigenvalue weighted by atomic mass is 9.94. The molecule has 1 aromatic carbocycles. The first-order chi connectivity index (χ1) is 19.0. The van der Waals surface area contributed by atoms with Gasteiger partial charge in [0.15, 0.2) is 16.7 Å².